The Hall–Kier alpha value is -1.74. The molecule has 7 nitrogen and oxygen atoms in total. The van der Waals surface area contributed by atoms with E-state index in [1.54, 1.807) is 10.9 Å². The predicted molar refractivity (Wildman–Crippen MR) is 95.8 cm³/mol. The van der Waals surface area contributed by atoms with Gasteiger partial charge in [0.1, 0.15) is 0 Å². The predicted octanol–water partition coefficient (Wildman–Crippen LogP) is 1.36. The first-order valence-corrected chi connectivity index (χ1v) is 9.87. The van der Waals surface area contributed by atoms with E-state index in [1.165, 1.54) is 4.31 Å². The molecule has 1 aromatic heterocycles. The van der Waals surface area contributed by atoms with Gasteiger partial charge in [-0.2, -0.15) is 17.8 Å². The van der Waals surface area contributed by atoms with E-state index in [0.29, 0.717) is 26.1 Å². The second-order valence-corrected chi connectivity index (χ2v) is 8.10. The molecule has 1 N–H and O–H groups in total. The molecule has 0 bridgehead atoms. The standard InChI is InChI=1S/C17H24N4O3S/c1-14-12-20(13-15(2)24-14)25(22,23)19-10-8-16-4-6-17(7-5-16)21-11-3-9-18-21/h3-7,9,11,14-15,19H,8,10,12-13H2,1-2H3/t14-,15-/m1/s1. The average Bonchev–Trinajstić information content (AvgIpc) is 3.09. The average molecular weight is 364 g/mol. The van der Waals surface area contributed by atoms with Crippen LogP contribution in [0.25, 0.3) is 5.69 Å². The van der Waals surface area contributed by atoms with E-state index in [-0.39, 0.29) is 12.2 Å². The van der Waals surface area contributed by atoms with Crippen molar-refractivity contribution in [3.8, 4) is 5.69 Å². The van der Waals surface area contributed by atoms with E-state index in [1.807, 2.05) is 50.4 Å². The molecule has 136 valence electrons. The van der Waals surface area contributed by atoms with Gasteiger partial charge in [0.25, 0.3) is 10.2 Å². The van der Waals surface area contributed by atoms with Crippen molar-refractivity contribution >= 4 is 10.2 Å². The van der Waals surface area contributed by atoms with Gasteiger partial charge in [0.05, 0.1) is 17.9 Å². The molecule has 25 heavy (non-hydrogen) atoms. The Morgan fingerprint density at radius 3 is 2.48 bits per heavy atom. The van der Waals surface area contributed by atoms with Crippen molar-refractivity contribution in [1.29, 1.82) is 0 Å². The molecule has 1 saturated heterocycles. The number of nitrogens with one attached hydrogen (secondary N) is 1. The molecule has 0 amide bonds. The van der Waals surface area contributed by atoms with Crippen LogP contribution in [0.15, 0.2) is 42.7 Å². The molecule has 0 aliphatic carbocycles. The summed E-state index contributed by atoms with van der Waals surface area (Å²) in [5.41, 5.74) is 2.05. The van der Waals surface area contributed by atoms with E-state index < -0.39 is 10.2 Å². The minimum absolute atomic E-state index is 0.0878. The minimum atomic E-state index is -3.47. The number of aromatic nitrogens is 2. The number of rotatable bonds is 6. The van der Waals surface area contributed by atoms with Gasteiger partial charge in [0, 0.05) is 32.0 Å². The van der Waals surface area contributed by atoms with Gasteiger partial charge in [-0.3, -0.25) is 0 Å². The maximum atomic E-state index is 12.4. The van der Waals surface area contributed by atoms with Crippen LogP contribution in [0.3, 0.4) is 0 Å². The molecule has 0 radical (unpaired) electrons. The summed E-state index contributed by atoms with van der Waals surface area (Å²) >= 11 is 0. The SMILES string of the molecule is C[C@@H]1CN(S(=O)(=O)NCCc2ccc(-n3cccn3)cc2)C[C@@H](C)O1. The monoisotopic (exact) mass is 364 g/mol. The number of nitrogens with zero attached hydrogens (tertiary/aromatic N) is 3. The first kappa shape index (κ1) is 18.1. The highest BCUT2D eigenvalue weighted by Gasteiger charge is 2.30. The largest absolute Gasteiger partial charge is 0.373 e. The fourth-order valence-corrected chi connectivity index (χ4v) is 4.33. The molecule has 0 saturated carbocycles. The van der Waals surface area contributed by atoms with E-state index in [9.17, 15) is 8.42 Å². The summed E-state index contributed by atoms with van der Waals surface area (Å²) in [6, 6.07) is 9.80. The number of benzene rings is 1. The molecule has 2 aromatic rings. The van der Waals surface area contributed by atoms with Crippen LogP contribution in [0.4, 0.5) is 0 Å². The van der Waals surface area contributed by atoms with Crippen LogP contribution in [0.5, 0.6) is 0 Å². The fraction of sp³-hybridized carbons (Fsp3) is 0.471. The molecule has 8 heteroatoms. The molecule has 1 fully saturated rings. The van der Waals surface area contributed by atoms with Gasteiger partial charge in [-0.15, -0.1) is 0 Å². The molecule has 0 unspecified atom stereocenters. The van der Waals surface area contributed by atoms with Crippen LogP contribution in [0.1, 0.15) is 19.4 Å². The van der Waals surface area contributed by atoms with E-state index >= 15 is 0 Å². The van der Waals surface area contributed by atoms with Gasteiger partial charge in [0.15, 0.2) is 0 Å². The Labute approximate surface area is 148 Å². The highest BCUT2D eigenvalue weighted by Crippen LogP contribution is 2.14. The zero-order valence-electron chi connectivity index (χ0n) is 14.5. The third kappa shape index (κ3) is 4.66. The van der Waals surface area contributed by atoms with Crippen molar-refractivity contribution in [1.82, 2.24) is 18.8 Å². The summed E-state index contributed by atoms with van der Waals surface area (Å²) in [5, 5.41) is 4.18. The maximum Gasteiger partial charge on any atom is 0.279 e. The van der Waals surface area contributed by atoms with E-state index in [4.69, 9.17) is 4.74 Å². The number of morpholine rings is 1. The lowest BCUT2D eigenvalue weighted by atomic mass is 10.1. The van der Waals surface area contributed by atoms with Crippen LogP contribution < -0.4 is 4.72 Å². The molecule has 1 aromatic carbocycles. The lowest BCUT2D eigenvalue weighted by Crippen LogP contribution is -2.52. The third-order valence-electron chi connectivity index (χ3n) is 4.13. The first-order valence-electron chi connectivity index (χ1n) is 8.43. The van der Waals surface area contributed by atoms with Crippen LogP contribution in [-0.2, 0) is 21.4 Å². The Kier molecular flexibility index (Phi) is 5.53. The van der Waals surface area contributed by atoms with Gasteiger partial charge in [-0.25, -0.2) is 9.40 Å². The van der Waals surface area contributed by atoms with Crippen LogP contribution in [0, 0.1) is 0 Å². The van der Waals surface area contributed by atoms with Gasteiger partial charge in [0.2, 0.25) is 0 Å². The second kappa shape index (κ2) is 7.65. The summed E-state index contributed by atoms with van der Waals surface area (Å²) in [6.07, 6.45) is 4.07. The van der Waals surface area contributed by atoms with Crippen LogP contribution >= 0.6 is 0 Å². The van der Waals surface area contributed by atoms with Gasteiger partial charge in [-0.1, -0.05) is 12.1 Å². The lowest BCUT2D eigenvalue weighted by molar-refractivity contribution is -0.0443. The van der Waals surface area contributed by atoms with Gasteiger partial charge >= 0.3 is 0 Å². The Balaban J connectivity index is 1.53. The first-order chi connectivity index (χ1) is 11.9. The Morgan fingerprint density at radius 1 is 1.20 bits per heavy atom. The topological polar surface area (TPSA) is 76.5 Å². The van der Waals surface area contributed by atoms with Crippen molar-refractivity contribution < 1.29 is 13.2 Å². The zero-order chi connectivity index (χ0) is 17.9. The third-order valence-corrected chi connectivity index (χ3v) is 5.68. The maximum absolute atomic E-state index is 12.4. The number of ether oxygens (including phenoxy) is 1. The van der Waals surface area contributed by atoms with Gasteiger partial charge < -0.3 is 4.74 Å². The number of hydrogen-bond donors (Lipinski definition) is 1. The van der Waals surface area contributed by atoms with Crippen molar-refractivity contribution in [2.24, 2.45) is 0 Å². The van der Waals surface area contributed by atoms with Crippen molar-refractivity contribution in [3.05, 3.63) is 48.3 Å². The minimum Gasteiger partial charge on any atom is -0.373 e. The summed E-state index contributed by atoms with van der Waals surface area (Å²) in [4.78, 5) is 0. The van der Waals surface area contributed by atoms with E-state index in [0.717, 1.165) is 11.3 Å². The van der Waals surface area contributed by atoms with Gasteiger partial charge in [-0.05, 0) is 44.0 Å². The summed E-state index contributed by atoms with van der Waals surface area (Å²) in [5.74, 6) is 0. The number of hydrogen-bond acceptors (Lipinski definition) is 4. The second-order valence-electron chi connectivity index (χ2n) is 6.34. The fourth-order valence-electron chi connectivity index (χ4n) is 2.98. The summed E-state index contributed by atoms with van der Waals surface area (Å²) in [6.45, 7) is 4.92. The normalized spacial score (nSPS) is 22.2. The molecule has 0 spiro atoms. The summed E-state index contributed by atoms with van der Waals surface area (Å²) < 4.78 is 36.4. The molecular weight excluding hydrogens is 340 g/mol. The van der Waals surface area contributed by atoms with Crippen molar-refractivity contribution in [3.63, 3.8) is 0 Å². The molecule has 3 rings (SSSR count). The quantitative estimate of drug-likeness (QED) is 0.840. The molecule has 2 atom stereocenters. The van der Waals surface area contributed by atoms with Crippen molar-refractivity contribution in [2.45, 2.75) is 32.5 Å². The Bertz CT molecular complexity index is 765. The zero-order valence-corrected chi connectivity index (χ0v) is 15.3. The highest BCUT2D eigenvalue weighted by molar-refractivity contribution is 7.87. The molecular formula is C17H24N4O3S. The molecule has 1 aliphatic rings. The Morgan fingerprint density at radius 2 is 1.88 bits per heavy atom. The smallest absolute Gasteiger partial charge is 0.279 e. The van der Waals surface area contributed by atoms with E-state index in [2.05, 4.69) is 9.82 Å². The molecule has 2 heterocycles. The van der Waals surface area contributed by atoms with Crippen LogP contribution in [0.2, 0.25) is 0 Å². The summed E-state index contributed by atoms with van der Waals surface area (Å²) in [7, 11) is -3.47. The van der Waals surface area contributed by atoms with Crippen LogP contribution in [-0.4, -0.2) is 54.3 Å². The van der Waals surface area contributed by atoms with Crippen molar-refractivity contribution in [2.75, 3.05) is 19.6 Å². The highest BCUT2D eigenvalue weighted by atomic mass is 32.2. The molecule has 1 aliphatic heterocycles. The lowest BCUT2D eigenvalue weighted by Gasteiger charge is -2.34.